The zero-order valence-electron chi connectivity index (χ0n) is 7.07. The van der Waals surface area contributed by atoms with Gasteiger partial charge in [0.05, 0.1) is 0 Å². The third-order valence-corrected chi connectivity index (χ3v) is 2.29. The maximum Gasteiger partial charge on any atom is 0.0441 e. The summed E-state index contributed by atoms with van der Waals surface area (Å²) in [4.78, 5) is 3.38. The number of nitrogens with one attached hydrogen (secondary N) is 1. The van der Waals surface area contributed by atoms with E-state index >= 15 is 0 Å². The Labute approximate surface area is 67.1 Å². The van der Waals surface area contributed by atoms with E-state index in [4.69, 9.17) is 0 Å². The molecule has 1 heterocycles. The quantitative estimate of drug-likeness (QED) is 0.580. The predicted molar refractivity (Wildman–Crippen MR) is 47.5 cm³/mol. The molecule has 1 N–H and O–H groups in total. The molecule has 1 nitrogen and oxygen atoms in total. The van der Waals surface area contributed by atoms with Crippen molar-refractivity contribution in [2.24, 2.45) is 0 Å². The van der Waals surface area contributed by atoms with E-state index in [1.54, 1.807) is 0 Å². The molecule has 1 aliphatic rings. The highest BCUT2D eigenvalue weighted by Gasteiger charge is 2.10. The minimum atomic E-state index is 1.20. The Morgan fingerprint density at radius 2 is 2.18 bits per heavy atom. The molecule has 0 fully saturated rings. The Hall–Kier alpha value is -0.980. The lowest BCUT2D eigenvalue weighted by atomic mass is 9.99. The number of fused-ring (bicyclic) bond motifs is 1. The molecule has 0 saturated carbocycles. The first kappa shape index (κ1) is 6.71. The predicted octanol–water partition coefficient (Wildman–Crippen LogP) is 2.67. The van der Waals surface area contributed by atoms with E-state index in [-0.39, 0.29) is 0 Å². The average molecular weight is 147 g/mol. The minimum absolute atomic E-state index is 1.20. The fourth-order valence-corrected chi connectivity index (χ4v) is 1.74. The average Bonchev–Trinajstić information content (AvgIpc) is 2.31. The summed E-state index contributed by atoms with van der Waals surface area (Å²) in [5, 5.41) is 0. The Morgan fingerprint density at radius 1 is 1.36 bits per heavy atom. The smallest absolute Gasteiger partial charge is 0.0441 e. The van der Waals surface area contributed by atoms with E-state index in [0.29, 0.717) is 0 Å². The minimum Gasteiger partial charge on any atom is -0.359 e. The first-order valence-corrected chi connectivity index (χ1v) is 4.13. The van der Waals surface area contributed by atoms with Crippen LogP contribution in [0.3, 0.4) is 0 Å². The molecule has 0 spiro atoms. The molecule has 1 aromatic heterocycles. The molecule has 0 aliphatic heterocycles. The van der Waals surface area contributed by atoms with Gasteiger partial charge >= 0.3 is 0 Å². The second-order valence-corrected chi connectivity index (χ2v) is 3.28. The highest BCUT2D eigenvalue weighted by molar-refractivity contribution is 5.66. The number of H-pyrrole nitrogens is 1. The van der Waals surface area contributed by atoms with Crippen LogP contribution in [0.5, 0.6) is 0 Å². The van der Waals surface area contributed by atoms with Gasteiger partial charge in [-0.25, -0.2) is 0 Å². The summed E-state index contributed by atoms with van der Waals surface area (Å²) >= 11 is 0. The molecule has 58 valence electrons. The highest BCUT2D eigenvalue weighted by atomic mass is 14.7. The maximum atomic E-state index is 3.38. The topological polar surface area (TPSA) is 15.8 Å². The van der Waals surface area contributed by atoms with Crippen LogP contribution in [0, 0.1) is 6.92 Å². The Kier molecular flexibility index (Phi) is 1.38. The van der Waals surface area contributed by atoms with Gasteiger partial charge in [0.1, 0.15) is 0 Å². The van der Waals surface area contributed by atoms with Crippen molar-refractivity contribution in [3.8, 4) is 0 Å². The molecule has 2 rings (SSSR count). The molecule has 0 atom stereocenters. The fourth-order valence-electron chi connectivity index (χ4n) is 1.74. The van der Waals surface area contributed by atoms with Crippen LogP contribution in [-0.2, 0) is 6.42 Å². The van der Waals surface area contributed by atoms with Crippen molar-refractivity contribution in [1.29, 1.82) is 0 Å². The van der Waals surface area contributed by atoms with Crippen LogP contribution in [0.25, 0.3) is 5.57 Å². The zero-order chi connectivity index (χ0) is 7.84. The van der Waals surface area contributed by atoms with Crippen LogP contribution in [0.2, 0.25) is 0 Å². The standard InChI is InChI=1S/C10H13N/c1-7-4-3-5-9-6-8(2)11-10(7)9/h4,6,11H,3,5H2,1-2H3. The van der Waals surface area contributed by atoms with Gasteiger partial charge in [-0.05, 0) is 43.9 Å². The van der Waals surface area contributed by atoms with E-state index in [9.17, 15) is 0 Å². The van der Waals surface area contributed by atoms with E-state index in [2.05, 4.69) is 31.0 Å². The van der Waals surface area contributed by atoms with Crippen molar-refractivity contribution in [2.45, 2.75) is 26.7 Å². The second kappa shape index (κ2) is 2.26. The fraction of sp³-hybridized carbons (Fsp3) is 0.400. The van der Waals surface area contributed by atoms with Gasteiger partial charge in [-0.3, -0.25) is 0 Å². The molecule has 0 unspecified atom stereocenters. The van der Waals surface area contributed by atoms with Crippen molar-refractivity contribution in [2.75, 3.05) is 0 Å². The number of aryl methyl sites for hydroxylation is 2. The van der Waals surface area contributed by atoms with Gasteiger partial charge in [0.2, 0.25) is 0 Å². The van der Waals surface area contributed by atoms with Crippen LogP contribution in [-0.4, -0.2) is 4.98 Å². The van der Waals surface area contributed by atoms with Crippen molar-refractivity contribution >= 4 is 5.57 Å². The van der Waals surface area contributed by atoms with Crippen molar-refractivity contribution in [3.63, 3.8) is 0 Å². The first-order valence-electron chi connectivity index (χ1n) is 4.13. The largest absolute Gasteiger partial charge is 0.359 e. The highest BCUT2D eigenvalue weighted by Crippen LogP contribution is 2.25. The van der Waals surface area contributed by atoms with Crippen LogP contribution < -0.4 is 0 Å². The van der Waals surface area contributed by atoms with Gasteiger partial charge in [0.15, 0.2) is 0 Å². The molecule has 1 heteroatoms. The van der Waals surface area contributed by atoms with Gasteiger partial charge in [0.25, 0.3) is 0 Å². The third kappa shape index (κ3) is 1.01. The van der Waals surface area contributed by atoms with Crippen LogP contribution in [0.4, 0.5) is 0 Å². The maximum absolute atomic E-state index is 3.38. The lowest BCUT2D eigenvalue weighted by molar-refractivity contribution is 0.973. The molecule has 1 aromatic rings. The van der Waals surface area contributed by atoms with Crippen molar-refractivity contribution in [1.82, 2.24) is 4.98 Å². The van der Waals surface area contributed by atoms with Gasteiger partial charge in [-0.15, -0.1) is 0 Å². The van der Waals surface area contributed by atoms with Crippen molar-refractivity contribution < 1.29 is 0 Å². The summed E-state index contributed by atoms with van der Waals surface area (Å²) in [7, 11) is 0. The molecular formula is C10H13N. The SMILES string of the molecule is CC1=CCCc2cc(C)[nH]c21. The molecule has 0 radical (unpaired) electrons. The number of hydrogen-bond acceptors (Lipinski definition) is 0. The first-order chi connectivity index (χ1) is 5.27. The molecule has 1 aliphatic carbocycles. The summed E-state index contributed by atoms with van der Waals surface area (Å²) in [5.41, 5.74) is 5.53. The summed E-state index contributed by atoms with van der Waals surface area (Å²) in [6, 6.07) is 2.26. The Morgan fingerprint density at radius 3 is 2.91 bits per heavy atom. The summed E-state index contributed by atoms with van der Waals surface area (Å²) in [6.45, 7) is 4.29. The van der Waals surface area contributed by atoms with E-state index < -0.39 is 0 Å². The van der Waals surface area contributed by atoms with E-state index in [1.807, 2.05) is 0 Å². The van der Waals surface area contributed by atoms with Gasteiger partial charge in [-0.2, -0.15) is 0 Å². The van der Waals surface area contributed by atoms with Crippen LogP contribution in [0.15, 0.2) is 12.1 Å². The number of allylic oxidation sites excluding steroid dienone is 2. The Balaban J connectivity index is 2.55. The van der Waals surface area contributed by atoms with E-state index in [1.165, 1.54) is 35.4 Å². The lowest BCUT2D eigenvalue weighted by Crippen LogP contribution is -1.94. The second-order valence-electron chi connectivity index (χ2n) is 3.28. The molecule has 0 aromatic carbocycles. The zero-order valence-corrected chi connectivity index (χ0v) is 7.07. The van der Waals surface area contributed by atoms with Gasteiger partial charge in [-0.1, -0.05) is 6.08 Å². The van der Waals surface area contributed by atoms with Crippen LogP contribution in [0.1, 0.15) is 30.3 Å². The summed E-state index contributed by atoms with van der Waals surface area (Å²) in [5.74, 6) is 0. The third-order valence-electron chi connectivity index (χ3n) is 2.29. The summed E-state index contributed by atoms with van der Waals surface area (Å²) in [6.07, 6.45) is 4.71. The number of hydrogen-bond donors (Lipinski definition) is 1. The summed E-state index contributed by atoms with van der Waals surface area (Å²) < 4.78 is 0. The molecule has 11 heavy (non-hydrogen) atoms. The van der Waals surface area contributed by atoms with Gasteiger partial charge in [0, 0.05) is 11.4 Å². The number of aromatic nitrogens is 1. The lowest BCUT2D eigenvalue weighted by Gasteiger charge is -2.08. The number of aromatic amines is 1. The van der Waals surface area contributed by atoms with Crippen LogP contribution >= 0.6 is 0 Å². The molecular weight excluding hydrogens is 134 g/mol. The molecule has 0 bridgehead atoms. The number of rotatable bonds is 0. The molecule has 0 saturated heterocycles. The Bertz CT molecular complexity index is 305. The normalized spacial score (nSPS) is 16.0. The van der Waals surface area contributed by atoms with Gasteiger partial charge < -0.3 is 4.98 Å². The van der Waals surface area contributed by atoms with E-state index in [0.717, 1.165) is 0 Å². The van der Waals surface area contributed by atoms with Crippen molar-refractivity contribution in [3.05, 3.63) is 29.1 Å². The molecule has 0 amide bonds. The monoisotopic (exact) mass is 147 g/mol.